The number of aromatic nitrogens is 1. The number of ether oxygens (including phenoxy) is 2. The Morgan fingerprint density at radius 3 is 2.61 bits per heavy atom. The molecule has 0 bridgehead atoms. The van der Waals surface area contributed by atoms with Gasteiger partial charge in [-0.25, -0.2) is 4.98 Å². The van der Waals surface area contributed by atoms with E-state index in [1.54, 1.807) is 32.6 Å². The average molecular weight is 334 g/mol. The number of hydrogen-bond donors (Lipinski definition) is 2. The molecular formula is C16H22N4O2S. The van der Waals surface area contributed by atoms with Crippen molar-refractivity contribution in [3.8, 4) is 11.5 Å². The molecule has 2 aromatic rings. The van der Waals surface area contributed by atoms with Gasteiger partial charge in [-0.05, 0) is 19.1 Å². The van der Waals surface area contributed by atoms with Crippen molar-refractivity contribution in [2.45, 2.75) is 20.0 Å². The van der Waals surface area contributed by atoms with Crippen molar-refractivity contribution < 1.29 is 9.47 Å². The maximum Gasteiger partial charge on any atom is 0.191 e. The monoisotopic (exact) mass is 334 g/mol. The zero-order chi connectivity index (χ0) is 16.7. The first kappa shape index (κ1) is 17.1. The van der Waals surface area contributed by atoms with E-state index in [1.165, 1.54) is 4.88 Å². The summed E-state index contributed by atoms with van der Waals surface area (Å²) in [6.07, 6.45) is 1.88. The summed E-state index contributed by atoms with van der Waals surface area (Å²) in [4.78, 5) is 9.75. The van der Waals surface area contributed by atoms with E-state index in [9.17, 15) is 0 Å². The summed E-state index contributed by atoms with van der Waals surface area (Å²) in [5.74, 6) is 2.27. The maximum absolute atomic E-state index is 5.40. The highest BCUT2D eigenvalue weighted by atomic mass is 32.1. The van der Waals surface area contributed by atoms with Crippen LogP contribution in [0.5, 0.6) is 11.5 Å². The average Bonchev–Trinajstić information content (AvgIpc) is 3.00. The van der Waals surface area contributed by atoms with Crippen molar-refractivity contribution in [3.05, 3.63) is 39.8 Å². The van der Waals surface area contributed by atoms with Crippen molar-refractivity contribution in [1.29, 1.82) is 0 Å². The highest BCUT2D eigenvalue weighted by Gasteiger charge is 2.07. The lowest BCUT2D eigenvalue weighted by Crippen LogP contribution is -2.36. The third-order valence-corrected chi connectivity index (χ3v) is 4.15. The molecule has 0 aliphatic heterocycles. The summed E-state index contributed by atoms with van der Waals surface area (Å²) in [7, 11) is 5.03. The molecule has 0 aliphatic rings. The number of hydrogen-bond acceptors (Lipinski definition) is 5. The van der Waals surface area contributed by atoms with Gasteiger partial charge in [0.1, 0.15) is 16.5 Å². The minimum absolute atomic E-state index is 0.601. The van der Waals surface area contributed by atoms with E-state index in [0.29, 0.717) is 13.1 Å². The van der Waals surface area contributed by atoms with Crippen LogP contribution in [0, 0.1) is 6.92 Å². The molecule has 6 nitrogen and oxygen atoms in total. The Kier molecular flexibility index (Phi) is 6.22. The lowest BCUT2D eigenvalue weighted by Gasteiger charge is -2.14. The van der Waals surface area contributed by atoms with Gasteiger partial charge in [0.15, 0.2) is 5.96 Å². The van der Waals surface area contributed by atoms with Gasteiger partial charge >= 0.3 is 0 Å². The van der Waals surface area contributed by atoms with Gasteiger partial charge in [0.05, 0.1) is 20.8 Å². The number of nitrogens with zero attached hydrogens (tertiary/aromatic N) is 2. The van der Waals surface area contributed by atoms with E-state index >= 15 is 0 Å². The molecule has 0 saturated heterocycles. The van der Waals surface area contributed by atoms with E-state index in [1.807, 2.05) is 31.3 Å². The van der Waals surface area contributed by atoms with Gasteiger partial charge in [0.25, 0.3) is 0 Å². The minimum atomic E-state index is 0.601. The van der Waals surface area contributed by atoms with Crippen LogP contribution in [0.4, 0.5) is 0 Å². The molecule has 1 heterocycles. The van der Waals surface area contributed by atoms with Crippen LogP contribution in [0.2, 0.25) is 0 Å². The summed E-state index contributed by atoms with van der Waals surface area (Å²) >= 11 is 1.67. The molecule has 23 heavy (non-hydrogen) atoms. The topological polar surface area (TPSA) is 67.8 Å². The third kappa shape index (κ3) is 4.85. The number of nitrogens with one attached hydrogen (secondary N) is 2. The van der Waals surface area contributed by atoms with E-state index in [2.05, 4.69) is 20.6 Å². The molecule has 2 rings (SSSR count). The molecular weight excluding hydrogens is 312 g/mol. The lowest BCUT2D eigenvalue weighted by atomic mass is 10.2. The first-order valence-electron chi connectivity index (χ1n) is 7.23. The number of thiazole rings is 1. The summed E-state index contributed by atoms with van der Waals surface area (Å²) in [6.45, 7) is 3.30. The molecule has 0 fully saturated rings. The molecule has 124 valence electrons. The molecule has 0 radical (unpaired) electrons. The SMILES string of the molecule is CN=C(NCc1ncc(C)s1)NCc1ccc(OC)cc1OC. The van der Waals surface area contributed by atoms with Crippen LogP contribution < -0.4 is 20.1 Å². The van der Waals surface area contributed by atoms with Crippen LogP contribution in [0.15, 0.2) is 29.4 Å². The maximum atomic E-state index is 5.40. The fraction of sp³-hybridized carbons (Fsp3) is 0.375. The number of rotatable bonds is 6. The molecule has 0 saturated carbocycles. The summed E-state index contributed by atoms with van der Waals surface area (Å²) < 4.78 is 10.6. The Hall–Kier alpha value is -2.28. The summed E-state index contributed by atoms with van der Waals surface area (Å²) in [5, 5.41) is 7.56. The Labute approximate surface area is 140 Å². The van der Waals surface area contributed by atoms with Crippen LogP contribution in [-0.4, -0.2) is 32.2 Å². The van der Waals surface area contributed by atoms with Crippen LogP contribution in [0.1, 0.15) is 15.4 Å². The lowest BCUT2D eigenvalue weighted by molar-refractivity contribution is 0.390. The van der Waals surface area contributed by atoms with E-state index in [0.717, 1.165) is 28.0 Å². The second-order valence-electron chi connectivity index (χ2n) is 4.82. The summed E-state index contributed by atoms with van der Waals surface area (Å²) in [5.41, 5.74) is 1.03. The fourth-order valence-corrected chi connectivity index (χ4v) is 2.77. The predicted octanol–water partition coefficient (Wildman–Crippen LogP) is 2.33. The van der Waals surface area contributed by atoms with Crippen molar-refractivity contribution >= 4 is 17.3 Å². The number of guanidine groups is 1. The Morgan fingerprint density at radius 2 is 2.00 bits per heavy atom. The van der Waals surface area contributed by atoms with Crippen LogP contribution in [-0.2, 0) is 13.1 Å². The fourth-order valence-electron chi connectivity index (χ4n) is 2.04. The van der Waals surface area contributed by atoms with Gasteiger partial charge in [-0.2, -0.15) is 0 Å². The van der Waals surface area contributed by atoms with E-state index in [-0.39, 0.29) is 0 Å². The van der Waals surface area contributed by atoms with Crippen molar-refractivity contribution in [1.82, 2.24) is 15.6 Å². The number of aryl methyl sites for hydroxylation is 1. The second-order valence-corrected chi connectivity index (χ2v) is 6.14. The smallest absolute Gasteiger partial charge is 0.191 e. The molecule has 0 amide bonds. The van der Waals surface area contributed by atoms with Gasteiger partial charge in [-0.15, -0.1) is 11.3 Å². The van der Waals surface area contributed by atoms with Crippen LogP contribution >= 0.6 is 11.3 Å². The van der Waals surface area contributed by atoms with Gasteiger partial charge in [-0.3, -0.25) is 4.99 Å². The zero-order valence-corrected chi connectivity index (χ0v) is 14.7. The third-order valence-electron chi connectivity index (χ3n) is 3.24. The molecule has 0 unspecified atom stereocenters. The summed E-state index contributed by atoms with van der Waals surface area (Å²) in [6, 6.07) is 5.75. The molecule has 7 heteroatoms. The van der Waals surface area contributed by atoms with Crippen LogP contribution in [0.25, 0.3) is 0 Å². The second kappa shape index (κ2) is 8.38. The first-order chi connectivity index (χ1) is 11.2. The quantitative estimate of drug-likeness (QED) is 0.627. The first-order valence-corrected chi connectivity index (χ1v) is 8.04. The van der Waals surface area contributed by atoms with Crippen LogP contribution in [0.3, 0.4) is 0 Å². The van der Waals surface area contributed by atoms with E-state index < -0.39 is 0 Å². The van der Waals surface area contributed by atoms with Gasteiger partial charge < -0.3 is 20.1 Å². The van der Waals surface area contributed by atoms with Crippen molar-refractivity contribution in [2.24, 2.45) is 4.99 Å². The molecule has 2 N–H and O–H groups in total. The number of benzene rings is 1. The molecule has 0 spiro atoms. The predicted molar refractivity (Wildman–Crippen MR) is 93.4 cm³/mol. The highest BCUT2D eigenvalue weighted by Crippen LogP contribution is 2.24. The Morgan fingerprint density at radius 1 is 1.22 bits per heavy atom. The molecule has 0 aliphatic carbocycles. The molecule has 0 atom stereocenters. The van der Waals surface area contributed by atoms with Crippen molar-refractivity contribution in [2.75, 3.05) is 21.3 Å². The minimum Gasteiger partial charge on any atom is -0.497 e. The number of aliphatic imine (C=N–C) groups is 1. The zero-order valence-electron chi connectivity index (χ0n) is 13.8. The Balaban J connectivity index is 1.92. The standard InChI is InChI=1S/C16H22N4O2S/c1-11-8-18-15(23-11)10-20-16(17-2)19-9-12-5-6-13(21-3)7-14(12)22-4/h5-8H,9-10H2,1-4H3,(H2,17,19,20). The van der Waals surface area contributed by atoms with Gasteiger partial charge in [0, 0.05) is 36.3 Å². The highest BCUT2D eigenvalue weighted by molar-refractivity contribution is 7.11. The molecule has 1 aromatic heterocycles. The molecule has 1 aromatic carbocycles. The van der Waals surface area contributed by atoms with Gasteiger partial charge in [0.2, 0.25) is 0 Å². The van der Waals surface area contributed by atoms with Crippen molar-refractivity contribution in [3.63, 3.8) is 0 Å². The number of methoxy groups -OCH3 is 2. The normalized spacial score (nSPS) is 11.2. The van der Waals surface area contributed by atoms with E-state index in [4.69, 9.17) is 9.47 Å². The van der Waals surface area contributed by atoms with Gasteiger partial charge in [-0.1, -0.05) is 0 Å². The largest absolute Gasteiger partial charge is 0.497 e. The Bertz CT molecular complexity index is 670.